The number of hydrogen-bond acceptors (Lipinski definition) is 5. The van der Waals surface area contributed by atoms with Crippen molar-refractivity contribution in [3.05, 3.63) is 45.1 Å². The largest absolute Gasteiger partial charge is 0.463 e. The van der Waals surface area contributed by atoms with Crippen molar-refractivity contribution in [2.24, 2.45) is 10.9 Å². The molecule has 0 saturated carbocycles. The highest BCUT2D eigenvalue weighted by molar-refractivity contribution is 8.13. The average Bonchev–Trinajstić information content (AvgIpc) is 2.55. The predicted octanol–water partition coefficient (Wildman–Crippen LogP) is 5.22. The lowest BCUT2D eigenvalue weighted by atomic mass is 9.96. The fraction of sp³-hybridized carbons (Fsp3) is 0.444. The molecule has 1 aliphatic heterocycles. The molecule has 1 atom stereocenters. The third-order valence-corrected chi connectivity index (χ3v) is 5.69. The van der Waals surface area contributed by atoms with Gasteiger partial charge in [0.25, 0.3) is 0 Å². The van der Waals surface area contributed by atoms with E-state index in [1.807, 2.05) is 13.0 Å². The molecule has 1 heterocycles. The van der Waals surface area contributed by atoms with Gasteiger partial charge in [0.2, 0.25) is 0 Å². The summed E-state index contributed by atoms with van der Waals surface area (Å²) in [6, 6.07) is 4.82. The number of halogens is 2. The first-order chi connectivity index (χ1) is 11.8. The smallest absolute Gasteiger partial charge is 0.338 e. The first-order valence-corrected chi connectivity index (χ1v) is 9.88. The van der Waals surface area contributed by atoms with Crippen LogP contribution >= 0.6 is 35.0 Å². The number of rotatable bonds is 5. The Bertz CT molecular complexity index is 717. The van der Waals surface area contributed by atoms with Crippen molar-refractivity contribution in [1.82, 2.24) is 5.32 Å². The Balaban J connectivity index is 2.46. The monoisotopic (exact) mass is 400 g/mol. The van der Waals surface area contributed by atoms with E-state index in [1.165, 1.54) is 0 Å². The van der Waals surface area contributed by atoms with Gasteiger partial charge in [-0.05, 0) is 25.8 Å². The van der Waals surface area contributed by atoms with E-state index in [0.29, 0.717) is 33.7 Å². The maximum absolute atomic E-state index is 12.5. The third kappa shape index (κ3) is 4.93. The summed E-state index contributed by atoms with van der Waals surface area (Å²) in [5, 5.41) is 4.82. The number of amidine groups is 1. The summed E-state index contributed by atoms with van der Waals surface area (Å²) in [7, 11) is 0. The number of carbonyl (C=O) groups excluding carboxylic acids is 1. The van der Waals surface area contributed by atoms with E-state index in [1.54, 1.807) is 30.8 Å². The van der Waals surface area contributed by atoms with Gasteiger partial charge in [-0.3, -0.25) is 0 Å². The van der Waals surface area contributed by atoms with Gasteiger partial charge >= 0.3 is 5.97 Å². The van der Waals surface area contributed by atoms with Crippen molar-refractivity contribution in [3.63, 3.8) is 0 Å². The minimum atomic E-state index is -0.541. The number of thioether (sulfide) groups is 1. The van der Waals surface area contributed by atoms with E-state index < -0.39 is 12.0 Å². The van der Waals surface area contributed by atoms with Crippen molar-refractivity contribution in [2.45, 2.75) is 33.7 Å². The molecule has 1 N–H and O–H groups in total. The fourth-order valence-corrected chi connectivity index (χ4v) is 3.70. The summed E-state index contributed by atoms with van der Waals surface area (Å²) in [4.78, 5) is 17.2. The Hall–Kier alpha value is -1.17. The molecule has 0 radical (unpaired) electrons. The number of benzene rings is 1. The minimum absolute atomic E-state index is 0.296. The zero-order chi connectivity index (χ0) is 18.6. The van der Waals surface area contributed by atoms with Crippen molar-refractivity contribution < 1.29 is 9.53 Å². The van der Waals surface area contributed by atoms with Crippen LogP contribution in [0.3, 0.4) is 0 Å². The van der Waals surface area contributed by atoms with Crippen LogP contribution < -0.4 is 5.32 Å². The number of aliphatic imine (C=N–C) groups is 1. The highest BCUT2D eigenvalue weighted by Crippen LogP contribution is 2.39. The molecule has 0 aromatic heterocycles. The van der Waals surface area contributed by atoms with Crippen LogP contribution in [0.1, 0.15) is 39.3 Å². The number of hydrogen-bond donors (Lipinski definition) is 1. The van der Waals surface area contributed by atoms with Crippen molar-refractivity contribution in [1.29, 1.82) is 0 Å². The van der Waals surface area contributed by atoms with E-state index in [9.17, 15) is 4.79 Å². The van der Waals surface area contributed by atoms with E-state index in [4.69, 9.17) is 32.9 Å². The van der Waals surface area contributed by atoms with Crippen molar-refractivity contribution in [3.8, 4) is 0 Å². The zero-order valence-electron chi connectivity index (χ0n) is 14.7. The lowest BCUT2D eigenvalue weighted by molar-refractivity contribution is -0.138. The molecule has 136 valence electrons. The molecule has 0 saturated heterocycles. The molecule has 4 nitrogen and oxygen atoms in total. The molecular formula is C18H22Cl2N2O2S. The SMILES string of the molecule is CCOC(=O)C1=C(C)NC(SCC(C)C)=N[C@@H]1c1cccc(Cl)c1Cl. The molecule has 0 bridgehead atoms. The van der Waals surface area contributed by atoms with Gasteiger partial charge in [-0.2, -0.15) is 0 Å². The van der Waals surface area contributed by atoms with Gasteiger partial charge in [0.1, 0.15) is 6.04 Å². The van der Waals surface area contributed by atoms with E-state index in [2.05, 4.69) is 19.2 Å². The Kier molecular flexibility index (Phi) is 7.23. The van der Waals surface area contributed by atoms with E-state index in [-0.39, 0.29) is 0 Å². The number of ether oxygens (including phenoxy) is 1. The summed E-state index contributed by atoms with van der Waals surface area (Å²) in [5.74, 6) is 1.05. The molecule has 0 fully saturated rings. The van der Waals surface area contributed by atoms with Crippen LogP contribution in [0.25, 0.3) is 0 Å². The second kappa shape index (κ2) is 8.97. The normalized spacial score (nSPS) is 17.4. The van der Waals surface area contributed by atoms with Crippen LogP contribution in [0, 0.1) is 5.92 Å². The summed E-state index contributed by atoms with van der Waals surface area (Å²) in [6.45, 7) is 8.22. The lowest BCUT2D eigenvalue weighted by Gasteiger charge is -2.26. The number of carbonyl (C=O) groups is 1. The molecule has 1 aliphatic rings. The molecule has 0 unspecified atom stereocenters. The molecule has 0 spiro atoms. The predicted molar refractivity (Wildman–Crippen MR) is 106 cm³/mol. The van der Waals surface area contributed by atoms with Crippen LogP contribution in [0.4, 0.5) is 0 Å². The molecule has 2 rings (SSSR count). The fourth-order valence-electron chi connectivity index (χ4n) is 2.40. The standard InChI is InChI=1S/C18H22Cl2N2O2S/c1-5-24-17(23)14-11(4)21-18(25-9-10(2)3)22-16(14)12-7-6-8-13(19)15(12)20/h6-8,10,16H,5,9H2,1-4H3,(H,21,22)/t16-/m1/s1. The van der Waals surface area contributed by atoms with Gasteiger partial charge in [0.05, 0.1) is 22.2 Å². The summed E-state index contributed by atoms with van der Waals surface area (Å²) >= 11 is 14.2. The van der Waals surface area contributed by atoms with Crippen LogP contribution in [-0.4, -0.2) is 23.5 Å². The third-order valence-electron chi connectivity index (χ3n) is 3.54. The molecule has 1 aromatic rings. The second-order valence-electron chi connectivity index (χ2n) is 6.07. The maximum atomic E-state index is 12.5. The Morgan fingerprint density at radius 2 is 2.12 bits per heavy atom. The van der Waals surface area contributed by atoms with Crippen LogP contribution in [0.5, 0.6) is 0 Å². The second-order valence-corrected chi connectivity index (χ2v) is 7.86. The highest BCUT2D eigenvalue weighted by Gasteiger charge is 2.32. The Morgan fingerprint density at radius 1 is 1.40 bits per heavy atom. The first-order valence-electron chi connectivity index (χ1n) is 8.14. The summed E-state index contributed by atoms with van der Waals surface area (Å²) < 4.78 is 5.22. The van der Waals surface area contributed by atoms with E-state index >= 15 is 0 Å². The van der Waals surface area contributed by atoms with Gasteiger partial charge in [0.15, 0.2) is 5.17 Å². The van der Waals surface area contributed by atoms with Gasteiger partial charge < -0.3 is 10.1 Å². The average molecular weight is 401 g/mol. The number of nitrogens with zero attached hydrogens (tertiary/aromatic N) is 1. The topological polar surface area (TPSA) is 50.7 Å². The van der Waals surface area contributed by atoms with Gasteiger partial charge in [-0.1, -0.05) is 60.9 Å². The number of nitrogens with one attached hydrogen (secondary N) is 1. The zero-order valence-corrected chi connectivity index (χ0v) is 17.1. The first kappa shape index (κ1) is 20.1. The van der Waals surface area contributed by atoms with E-state index in [0.717, 1.165) is 16.6 Å². The molecule has 0 amide bonds. The lowest BCUT2D eigenvalue weighted by Crippen LogP contribution is -2.31. The number of allylic oxidation sites excluding steroid dienone is 1. The molecule has 7 heteroatoms. The Morgan fingerprint density at radius 3 is 2.76 bits per heavy atom. The maximum Gasteiger partial charge on any atom is 0.338 e. The van der Waals surface area contributed by atoms with Crippen molar-refractivity contribution >= 4 is 46.1 Å². The van der Waals surface area contributed by atoms with Crippen LogP contribution in [0.2, 0.25) is 10.0 Å². The summed E-state index contributed by atoms with van der Waals surface area (Å²) in [6.07, 6.45) is 0. The quantitative estimate of drug-likeness (QED) is 0.688. The van der Waals surface area contributed by atoms with Crippen LogP contribution in [0.15, 0.2) is 34.5 Å². The van der Waals surface area contributed by atoms with Gasteiger partial charge in [0, 0.05) is 17.0 Å². The van der Waals surface area contributed by atoms with Crippen LogP contribution in [-0.2, 0) is 9.53 Å². The van der Waals surface area contributed by atoms with Crippen molar-refractivity contribution in [2.75, 3.05) is 12.4 Å². The Labute approximate surface area is 163 Å². The summed E-state index contributed by atoms with van der Waals surface area (Å²) in [5.41, 5.74) is 1.88. The van der Waals surface area contributed by atoms with Gasteiger partial charge in [-0.15, -0.1) is 0 Å². The molecule has 1 aromatic carbocycles. The minimum Gasteiger partial charge on any atom is -0.463 e. The molecule has 0 aliphatic carbocycles. The molecular weight excluding hydrogens is 379 g/mol. The highest BCUT2D eigenvalue weighted by atomic mass is 35.5. The molecule has 25 heavy (non-hydrogen) atoms. The number of esters is 1. The van der Waals surface area contributed by atoms with Gasteiger partial charge in [-0.25, -0.2) is 9.79 Å².